The van der Waals surface area contributed by atoms with Crippen molar-refractivity contribution in [2.45, 2.75) is 52.4 Å². The minimum absolute atomic E-state index is 0.0331. The Balaban J connectivity index is 2.61. The summed E-state index contributed by atoms with van der Waals surface area (Å²) < 4.78 is 5.13. The quantitative estimate of drug-likeness (QED) is 0.479. The van der Waals surface area contributed by atoms with Gasteiger partial charge >= 0.3 is 0 Å². The number of carbonyl (C=O) groups is 1. The largest absolute Gasteiger partial charge is 0.384 e. The second-order valence-electron chi connectivity index (χ2n) is 5.06. The number of unbranched alkanes of at least 4 members (excludes halogenated alkanes) is 2. The van der Waals surface area contributed by atoms with Gasteiger partial charge in [0.05, 0.1) is 5.92 Å². The molecule has 1 unspecified atom stereocenters. The van der Waals surface area contributed by atoms with Gasteiger partial charge in [-0.3, -0.25) is 4.79 Å². The van der Waals surface area contributed by atoms with Crippen LogP contribution in [0.2, 0.25) is 0 Å². The summed E-state index contributed by atoms with van der Waals surface area (Å²) in [6.45, 7) is 4.96. The summed E-state index contributed by atoms with van der Waals surface area (Å²) in [6.07, 6.45) is 10.3. The summed E-state index contributed by atoms with van der Waals surface area (Å²) in [4.78, 5) is 12.3. The fourth-order valence-corrected chi connectivity index (χ4v) is 2.54. The van der Waals surface area contributed by atoms with E-state index < -0.39 is 0 Å². The van der Waals surface area contributed by atoms with Gasteiger partial charge in [0.2, 0.25) is 0 Å². The Bertz CT molecular complexity index is 326. The highest BCUT2D eigenvalue weighted by atomic mass is 16.5. The molecule has 2 heteroatoms. The standard InChI is InChI=1S/C16H26O2/c1-4-5-6-10-15(17)16-13(2)8-7-9-14(16)11-12-18-3/h8-9,16H,4-7,10-12H2,1-3H3. The van der Waals surface area contributed by atoms with E-state index in [1.807, 2.05) is 0 Å². The van der Waals surface area contributed by atoms with Crippen LogP contribution in [-0.4, -0.2) is 19.5 Å². The molecular weight excluding hydrogens is 224 g/mol. The van der Waals surface area contributed by atoms with Crippen molar-refractivity contribution < 1.29 is 9.53 Å². The van der Waals surface area contributed by atoms with Crippen LogP contribution in [0.25, 0.3) is 0 Å². The van der Waals surface area contributed by atoms with Gasteiger partial charge in [-0.15, -0.1) is 0 Å². The molecule has 0 saturated heterocycles. The summed E-state index contributed by atoms with van der Waals surface area (Å²) in [6, 6.07) is 0. The van der Waals surface area contributed by atoms with E-state index in [0.29, 0.717) is 18.8 Å². The molecule has 0 spiro atoms. The molecule has 0 bridgehead atoms. The zero-order valence-corrected chi connectivity index (χ0v) is 12.0. The van der Waals surface area contributed by atoms with Crippen LogP contribution in [0.3, 0.4) is 0 Å². The lowest BCUT2D eigenvalue weighted by Gasteiger charge is -2.23. The van der Waals surface area contributed by atoms with Crippen LogP contribution in [0.4, 0.5) is 0 Å². The highest BCUT2D eigenvalue weighted by Gasteiger charge is 2.25. The monoisotopic (exact) mass is 250 g/mol. The lowest BCUT2D eigenvalue weighted by molar-refractivity contribution is -0.121. The molecule has 2 nitrogen and oxygen atoms in total. The Kier molecular flexibility index (Phi) is 6.96. The minimum atomic E-state index is 0.0331. The number of ether oxygens (including phenoxy) is 1. The van der Waals surface area contributed by atoms with E-state index in [2.05, 4.69) is 26.0 Å². The van der Waals surface area contributed by atoms with E-state index in [-0.39, 0.29) is 5.92 Å². The molecule has 18 heavy (non-hydrogen) atoms. The van der Waals surface area contributed by atoms with Gasteiger partial charge in [-0.05, 0) is 26.2 Å². The average molecular weight is 250 g/mol. The molecule has 0 radical (unpaired) electrons. The first kappa shape index (κ1) is 15.2. The third kappa shape index (κ3) is 4.41. The van der Waals surface area contributed by atoms with E-state index in [1.54, 1.807) is 7.11 Å². The maximum Gasteiger partial charge on any atom is 0.144 e. The summed E-state index contributed by atoms with van der Waals surface area (Å²) >= 11 is 0. The van der Waals surface area contributed by atoms with E-state index >= 15 is 0 Å². The molecule has 1 aliphatic rings. The van der Waals surface area contributed by atoms with Gasteiger partial charge in [-0.1, -0.05) is 43.1 Å². The van der Waals surface area contributed by atoms with E-state index in [9.17, 15) is 4.79 Å². The van der Waals surface area contributed by atoms with E-state index in [4.69, 9.17) is 4.74 Å². The lowest BCUT2D eigenvalue weighted by Crippen LogP contribution is -2.21. The molecule has 0 aromatic rings. The van der Waals surface area contributed by atoms with Crippen molar-refractivity contribution in [1.82, 2.24) is 0 Å². The van der Waals surface area contributed by atoms with Gasteiger partial charge in [0.25, 0.3) is 0 Å². The Hall–Kier alpha value is -0.890. The van der Waals surface area contributed by atoms with E-state index in [1.165, 1.54) is 17.6 Å². The molecule has 0 heterocycles. The summed E-state index contributed by atoms with van der Waals surface area (Å²) in [5.74, 6) is 0.421. The van der Waals surface area contributed by atoms with Crippen molar-refractivity contribution in [3.8, 4) is 0 Å². The number of ketones is 1. The first-order chi connectivity index (χ1) is 8.70. The Morgan fingerprint density at radius 2 is 2.17 bits per heavy atom. The smallest absolute Gasteiger partial charge is 0.144 e. The van der Waals surface area contributed by atoms with E-state index in [0.717, 1.165) is 25.7 Å². The van der Waals surface area contributed by atoms with Crippen LogP contribution in [-0.2, 0) is 9.53 Å². The van der Waals surface area contributed by atoms with Crippen molar-refractivity contribution in [1.29, 1.82) is 0 Å². The first-order valence-electron chi connectivity index (χ1n) is 7.08. The summed E-state index contributed by atoms with van der Waals surface area (Å²) in [5.41, 5.74) is 2.49. The topological polar surface area (TPSA) is 26.3 Å². The summed E-state index contributed by atoms with van der Waals surface area (Å²) in [5, 5.41) is 0. The van der Waals surface area contributed by atoms with Crippen LogP contribution >= 0.6 is 0 Å². The van der Waals surface area contributed by atoms with Crippen molar-refractivity contribution in [2.75, 3.05) is 13.7 Å². The van der Waals surface area contributed by atoms with Crippen LogP contribution in [0.5, 0.6) is 0 Å². The van der Waals surface area contributed by atoms with Crippen molar-refractivity contribution >= 4 is 5.78 Å². The predicted molar refractivity (Wildman–Crippen MR) is 75.6 cm³/mol. The van der Waals surface area contributed by atoms with Crippen LogP contribution in [0.15, 0.2) is 23.3 Å². The fourth-order valence-electron chi connectivity index (χ4n) is 2.54. The number of carbonyl (C=O) groups excluding carboxylic acids is 1. The summed E-state index contributed by atoms with van der Waals surface area (Å²) in [7, 11) is 1.71. The Morgan fingerprint density at radius 3 is 2.83 bits per heavy atom. The third-order valence-electron chi connectivity index (χ3n) is 3.59. The number of hydrogen-bond donors (Lipinski definition) is 0. The highest BCUT2D eigenvalue weighted by Crippen LogP contribution is 2.30. The maximum atomic E-state index is 12.3. The minimum Gasteiger partial charge on any atom is -0.384 e. The molecule has 1 rings (SSSR count). The Morgan fingerprint density at radius 1 is 1.39 bits per heavy atom. The molecule has 0 aliphatic heterocycles. The Labute approximate surface area is 111 Å². The number of Topliss-reactive ketones (excluding diaryl/α,β-unsaturated/α-hetero) is 1. The zero-order valence-electron chi connectivity index (χ0n) is 12.0. The molecule has 0 aromatic heterocycles. The lowest BCUT2D eigenvalue weighted by atomic mass is 9.81. The molecule has 0 fully saturated rings. The third-order valence-corrected chi connectivity index (χ3v) is 3.59. The van der Waals surface area contributed by atoms with Gasteiger partial charge in [-0.25, -0.2) is 0 Å². The average Bonchev–Trinajstić information content (AvgIpc) is 2.36. The second-order valence-corrected chi connectivity index (χ2v) is 5.06. The number of hydrogen-bond acceptors (Lipinski definition) is 2. The van der Waals surface area contributed by atoms with Crippen molar-refractivity contribution in [2.24, 2.45) is 5.92 Å². The van der Waals surface area contributed by atoms with Crippen molar-refractivity contribution in [3.63, 3.8) is 0 Å². The fraction of sp³-hybridized carbons (Fsp3) is 0.688. The van der Waals surface area contributed by atoms with Gasteiger partial charge in [0.1, 0.15) is 5.78 Å². The number of allylic oxidation sites excluding steroid dienone is 3. The SMILES string of the molecule is CCCCCC(=O)C1C(C)=CCC=C1CCOC. The van der Waals surface area contributed by atoms with Gasteiger partial charge in [0, 0.05) is 20.1 Å². The molecule has 0 amide bonds. The molecule has 0 saturated carbocycles. The zero-order chi connectivity index (χ0) is 13.4. The van der Waals surface area contributed by atoms with Gasteiger partial charge in [-0.2, -0.15) is 0 Å². The molecule has 1 aliphatic carbocycles. The van der Waals surface area contributed by atoms with Crippen LogP contribution in [0.1, 0.15) is 52.4 Å². The second kappa shape index (κ2) is 8.25. The van der Waals surface area contributed by atoms with Gasteiger partial charge < -0.3 is 4.74 Å². The molecular formula is C16H26O2. The molecule has 0 aromatic carbocycles. The molecule has 102 valence electrons. The van der Waals surface area contributed by atoms with Gasteiger partial charge in [0.15, 0.2) is 0 Å². The maximum absolute atomic E-state index is 12.3. The number of methoxy groups -OCH3 is 1. The normalized spacial score (nSPS) is 19.4. The number of rotatable bonds is 8. The first-order valence-corrected chi connectivity index (χ1v) is 7.08. The van der Waals surface area contributed by atoms with Crippen LogP contribution < -0.4 is 0 Å². The highest BCUT2D eigenvalue weighted by molar-refractivity contribution is 5.86. The molecule has 1 atom stereocenters. The predicted octanol–water partition coefficient (Wildman–Crippen LogP) is 4.06. The van der Waals surface area contributed by atoms with Crippen LogP contribution in [0, 0.1) is 5.92 Å². The van der Waals surface area contributed by atoms with Crippen molar-refractivity contribution in [3.05, 3.63) is 23.3 Å². The molecule has 0 N–H and O–H groups in total.